The smallest absolute Gasteiger partial charge is 0.0107 e. The zero-order chi connectivity index (χ0) is 13.7. The number of benzene rings is 1. The second kappa shape index (κ2) is 7.06. The highest BCUT2D eigenvalue weighted by Crippen LogP contribution is 2.26. The SMILES string of the molecule is CC(C)C(C)NCCN1CCC(c2ccccc2)C1. The van der Waals surface area contributed by atoms with Crippen molar-refractivity contribution in [2.24, 2.45) is 5.92 Å². The number of rotatable bonds is 6. The average Bonchev–Trinajstić information content (AvgIpc) is 2.88. The van der Waals surface area contributed by atoms with Crippen LogP contribution in [0.25, 0.3) is 0 Å². The van der Waals surface area contributed by atoms with Gasteiger partial charge in [0.2, 0.25) is 0 Å². The molecule has 2 nitrogen and oxygen atoms in total. The third-order valence-corrected chi connectivity index (χ3v) is 4.44. The fraction of sp³-hybridized carbons (Fsp3) is 0.647. The minimum absolute atomic E-state index is 0.618. The molecular weight excluding hydrogens is 232 g/mol. The molecule has 0 amide bonds. The summed E-state index contributed by atoms with van der Waals surface area (Å²) in [5, 5.41) is 3.62. The van der Waals surface area contributed by atoms with Gasteiger partial charge in [-0.2, -0.15) is 0 Å². The van der Waals surface area contributed by atoms with Crippen LogP contribution in [-0.4, -0.2) is 37.1 Å². The average molecular weight is 260 g/mol. The largest absolute Gasteiger partial charge is 0.313 e. The molecule has 1 fully saturated rings. The van der Waals surface area contributed by atoms with E-state index in [-0.39, 0.29) is 0 Å². The highest BCUT2D eigenvalue weighted by molar-refractivity contribution is 5.20. The van der Waals surface area contributed by atoms with Crippen LogP contribution < -0.4 is 5.32 Å². The van der Waals surface area contributed by atoms with Crippen LogP contribution in [-0.2, 0) is 0 Å². The van der Waals surface area contributed by atoms with Gasteiger partial charge in [-0.15, -0.1) is 0 Å². The maximum Gasteiger partial charge on any atom is 0.0107 e. The monoisotopic (exact) mass is 260 g/mol. The lowest BCUT2D eigenvalue weighted by molar-refractivity contribution is 0.314. The van der Waals surface area contributed by atoms with Gasteiger partial charge in [0.05, 0.1) is 0 Å². The molecule has 0 saturated carbocycles. The summed E-state index contributed by atoms with van der Waals surface area (Å²) in [6.45, 7) is 11.6. The number of nitrogens with one attached hydrogen (secondary N) is 1. The van der Waals surface area contributed by atoms with Gasteiger partial charge in [-0.25, -0.2) is 0 Å². The first-order valence-electron chi connectivity index (χ1n) is 7.67. The standard InChI is InChI=1S/C17H28N2/c1-14(2)15(3)18-10-12-19-11-9-17(13-19)16-7-5-4-6-8-16/h4-8,14-15,17-18H,9-13H2,1-3H3. The van der Waals surface area contributed by atoms with Gasteiger partial charge in [-0.05, 0) is 37.3 Å². The molecule has 1 N–H and O–H groups in total. The van der Waals surface area contributed by atoms with E-state index in [1.165, 1.54) is 31.6 Å². The Bertz CT molecular complexity index is 361. The second-order valence-corrected chi connectivity index (χ2v) is 6.18. The van der Waals surface area contributed by atoms with Crippen molar-refractivity contribution in [2.75, 3.05) is 26.2 Å². The molecule has 1 aromatic rings. The Morgan fingerprint density at radius 3 is 2.63 bits per heavy atom. The van der Waals surface area contributed by atoms with Crippen LogP contribution in [0.4, 0.5) is 0 Å². The molecule has 2 atom stereocenters. The van der Waals surface area contributed by atoms with E-state index >= 15 is 0 Å². The Morgan fingerprint density at radius 1 is 1.21 bits per heavy atom. The van der Waals surface area contributed by atoms with Crippen molar-refractivity contribution in [2.45, 2.75) is 39.2 Å². The lowest BCUT2D eigenvalue weighted by Gasteiger charge is -2.21. The lowest BCUT2D eigenvalue weighted by Crippen LogP contribution is -2.37. The van der Waals surface area contributed by atoms with Crippen molar-refractivity contribution >= 4 is 0 Å². The normalized spacial score (nSPS) is 22.0. The van der Waals surface area contributed by atoms with Crippen molar-refractivity contribution in [3.8, 4) is 0 Å². The fourth-order valence-corrected chi connectivity index (χ4v) is 2.72. The van der Waals surface area contributed by atoms with Gasteiger partial charge in [0.1, 0.15) is 0 Å². The number of hydrogen-bond acceptors (Lipinski definition) is 2. The Morgan fingerprint density at radius 2 is 1.95 bits per heavy atom. The maximum absolute atomic E-state index is 3.62. The first-order chi connectivity index (χ1) is 9.16. The van der Waals surface area contributed by atoms with Gasteiger partial charge in [-0.3, -0.25) is 0 Å². The van der Waals surface area contributed by atoms with E-state index in [0.717, 1.165) is 18.4 Å². The predicted octanol–water partition coefficient (Wildman–Crippen LogP) is 3.11. The summed E-state index contributed by atoms with van der Waals surface area (Å²) in [5.41, 5.74) is 1.51. The molecular formula is C17H28N2. The van der Waals surface area contributed by atoms with Gasteiger partial charge in [-0.1, -0.05) is 44.2 Å². The third kappa shape index (κ3) is 4.32. The lowest BCUT2D eigenvalue weighted by atomic mass is 9.99. The first-order valence-corrected chi connectivity index (χ1v) is 7.67. The number of hydrogen-bond donors (Lipinski definition) is 1. The molecule has 0 aliphatic carbocycles. The zero-order valence-corrected chi connectivity index (χ0v) is 12.6. The molecule has 1 aromatic carbocycles. The molecule has 2 heteroatoms. The minimum Gasteiger partial charge on any atom is -0.313 e. The van der Waals surface area contributed by atoms with Gasteiger partial charge in [0, 0.05) is 25.7 Å². The summed E-state index contributed by atoms with van der Waals surface area (Å²) in [5.74, 6) is 1.46. The van der Waals surface area contributed by atoms with Crippen molar-refractivity contribution < 1.29 is 0 Å². The van der Waals surface area contributed by atoms with Crippen molar-refractivity contribution in [1.29, 1.82) is 0 Å². The Balaban J connectivity index is 1.71. The minimum atomic E-state index is 0.618. The molecule has 1 aliphatic rings. The third-order valence-electron chi connectivity index (χ3n) is 4.44. The molecule has 0 radical (unpaired) electrons. The van der Waals surface area contributed by atoms with Crippen LogP contribution in [0.1, 0.15) is 38.7 Å². The number of nitrogens with zero attached hydrogens (tertiary/aromatic N) is 1. The first kappa shape index (κ1) is 14.5. The molecule has 1 saturated heterocycles. The molecule has 2 rings (SSSR count). The summed E-state index contributed by atoms with van der Waals surface area (Å²) in [7, 11) is 0. The van der Waals surface area contributed by atoms with E-state index in [4.69, 9.17) is 0 Å². The van der Waals surface area contributed by atoms with E-state index in [0.29, 0.717) is 6.04 Å². The van der Waals surface area contributed by atoms with Crippen LogP contribution in [0.15, 0.2) is 30.3 Å². The highest BCUT2D eigenvalue weighted by atomic mass is 15.2. The van der Waals surface area contributed by atoms with E-state index in [2.05, 4.69) is 61.3 Å². The molecule has 1 aliphatic heterocycles. The second-order valence-electron chi connectivity index (χ2n) is 6.18. The van der Waals surface area contributed by atoms with Crippen molar-refractivity contribution in [1.82, 2.24) is 10.2 Å². The van der Waals surface area contributed by atoms with E-state index < -0.39 is 0 Å². The highest BCUT2D eigenvalue weighted by Gasteiger charge is 2.23. The Kier molecular flexibility index (Phi) is 5.41. The van der Waals surface area contributed by atoms with Crippen LogP contribution >= 0.6 is 0 Å². The van der Waals surface area contributed by atoms with Gasteiger partial charge < -0.3 is 10.2 Å². The van der Waals surface area contributed by atoms with Gasteiger partial charge in [0.25, 0.3) is 0 Å². The molecule has 0 bridgehead atoms. The topological polar surface area (TPSA) is 15.3 Å². The molecule has 0 aromatic heterocycles. The van der Waals surface area contributed by atoms with E-state index in [1.807, 2.05) is 0 Å². The quantitative estimate of drug-likeness (QED) is 0.845. The van der Waals surface area contributed by atoms with Gasteiger partial charge in [0.15, 0.2) is 0 Å². The maximum atomic E-state index is 3.62. The molecule has 19 heavy (non-hydrogen) atoms. The van der Waals surface area contributed by atoms with E-state index in [1.54, 1.807) is 0 Å². The van der Waals surface area contributed by atoms with Gasteiger partial charge >= 0.3 is 0 Å². The summed E-state index contributed by atoms with van der Waals surface area (Å²) < 4.78 is 0. The summed E-state index contributed by atoms with van der Waals surface area (Å²) in [4.78, 5) is 2.59. The van der Waals surface area contributed by atoms with E-state index in [9.17, 15) is 0 Å². The summed E-state index contributed by atoms with van der Waals surface area (Å²) in [6, 6.07) is 11.6. The number of likely N-dealkylation sites (tertiary alicyclic amines) is 1. The molecule has 106 valence electrons. The fourth-order valence-electron chi connectivity index (χ4n) is 2.72. The zero-order valence-electron chi connectivity index (χ0n) is 12.6. The summed E-state index contributed by atoms with van der Waals surface area (Å²) in [6.07, 6.45) is 1.31. The predicted molar refractivity (Wildman–Crippen MR) is 82.5 cm³/mol. The molecule has 2 unspecified atom stereocenters. The van der Waals surface area contributed by atoms with Crippen molar-refractivity contribution in [3.63, 3.8) is 0 Å². The van der Waals surface area contributed by atoms with Crippen molar-refractivity contribution in [3.05, 3.63) is 35.9 Å². The Labute approximate surface area is 118 Å². The van der Waals surface area contributed by atoms with Crippen LogP contribution in [0.3, 0.4) is 0 Å². The Hall–Kier alpha value is -0.860. The molecule has 0 spiro atoms. The summed E-state index contributed by atoms with van der Waals surface area (Å²) >= 11 is 0. The van der Waals surface area contributed by atoms with Crippen LogP contribution in [0.5, 0.6) is 0 Å². The van der Waals surface area contributed by atoms with Crippen LogP contribution in [0, 0.1) is 5.92 Å². The van der Waals surface area contributed by atoms with Crippen LogP contribution in [0.2, 0.25) is 0 Å². The molecule has 1 heterocycles.